The van der Waals surface area contributed by atoms with E-state index in [0.29, 0.717) is 12.1 Å². The van der Waals surface area contributed by atoms with Crippen molar-refractivity contribution in [3.05, 3.63) is 84.1 Å². The van der Waals surface area contributed by atoms with Gasteiger partial charge >= 0.3 is 0 Å². The summed E-state index contributed by atoms with van der Waals surface area (Å²) in [5, 5.41) is 6.19. The summed E-state index contributed by atoms with van der Waals surface area (Å²) in [5.74, 6) is 0.701. The number of amides is 1. The van der Waals surface area contributed by atoms with Crippen LogP contribution in [0.3, 0.4) is 0 Å². The van der Waals surface area contributed by atoms with Crippen LogP contribution in [-0.2, 0) is 17.6 Å². The summed E-state index contributed by atoms with van der Waals surface area (Å²) >= 11 is 0. The molecule has 1 amide bonds. The summed E-state index contributed by atoms with van der Waals surface area (Å²) < 4.78 is 0. The summed E-state index contributed by atoms with van der Waals surface area (Å²) in [6, 6.07) is 21.6. The lowest BCUT2D eigenvalue weighted by Gasteiger charge is -2.11. The smallest absolute Gasteiger partial charge is 0.228 e. The third-order valence-electron chi connectivity index (χ3n) is 3.92. The zero-order valence-electron chi connectivity index (χ0n) is 14.2. The molecule has 0 spiro atoms. The minimum absolute atomic E-state index is 0.0509. The second-order valence-corrected chi connectivity index (χ2v) is 5.78. The number of carbonyl (C=O) groups is 1. The number of nitrogens with one attached hydrogen (secondary N) is 2. The van der Waals surface area contributed by atoms with Gasteiger partial charge in [0.1, 0.15) is 5.82 Å². The van der Waals surface area contributed by atoms with Crippen molar-refractivity contribution < 1.29 is 4.79 Å². The van der Waals surface area contributed by atoms with Crippen LogP contribution in [0.25, 0.3) is 0 Å². The summed E-state index contributed by atoms with van der Waals surface area (Å²) in [7, 11) is 0. The number of carbonyl (C=O) groups excluding carboxylic acids is 1. The lowest BCUT2D eigenvalue weighted by Crippen LogP contribution is -2.14. The number of aromatic nitrogens is 1. The van der Waals surface area contributed by atoms with E-state index in [1.165, 1.54) is 5.56 Å². The third-order valence-corrected chi connectivity index (χ3v) is 3.92. The summed E-state index contributed by atoms with van der Waals surface area (Å²) in [4.78, 5) is 16.5. The highest BCUT2D eigenvalue weighted by atomic mass is 16.1. The number of hydrogen-bond acceptors (Lipinski definition) is 3. The van der Waals surface area contributed by atoms with Crippen LogP contribution in [0.4, 0.5) is 17.2 Å². The fraction of sp³-hybridized carbons (Fsp3) is 0.143. The number of rotatable bonds is 6. The molecule has 0 atom stereocenters. The zero-order chi connectivity index (χ0) is 17.5. The first kappa shape index (κ1) is 16.7. The number of hydrogen-bond donors (Lipinski definition) is 2. The van der Waals surface area contributed by atoms with E-state index in [1.54, 1.807) is 6.20 Å². The second-order valence-electron chi connectivity index (χ2n) is 5.78. The topological polar surface area (TPSA) is 54.0 Å². The van der Waals surface area contributed by atoms with Crippen LogP contribution in [0.2, 0.25) is 0 Å². The first-order chi connectivity index (χ1) is 12.2. The largest absolute Gasteiger partial charge is 0.340 e. The normalized spacial score (nSPS) is 10.3. The molecule has 2 N–H and O–H groups in total. The molecule has 25 heavy (non-hydrogen) atoms. The summed E-state index contributed by atoms with van der Waals surface area (Å²) in [6.07, 6.45) is 2.97. The lowest BCUT2D eigenvalue weighted by atomic mass is 10.1. The molecule has 0 bridgehead atoms. The Labute approximate surface area is 147 Å². The number of nitrogens with zero attached hydrogens (tertiary/aromatic N) is 1. The highest BCUT2D eigenvalue weighted by molar-refractivity contribution is 5.92. The third kappa shape index (κ3) is 4.67. The molecule has 2 aromatic carbocycles. The van der Waals surface area contributed by atoms with Gasteiger partial charge in [-0.3, -0.25) is 4.79 Å². The quantitative estimate of drug-likeness (QED) is 0.696. The van der Waals surface area contributed by atoms with Gasteiger partial charge in [-0.05, 0) is 35.7 Å². The number of anilines is 3. The molecule has 0 saturated heterocycles. The zero-order valence-corrected chi connectivity index (χ0v) is 14.2. The van der Waals surface area contributed by atoms with Crippen molar-refractivity contribution in [2.75, 3.05) is 10.6 Å². The van der Waals surface area contributed by atoms with Crippen LogP contribution in [0.1, 0.15) is 18.1 Å². The first-order valence-corrected chi connectivity index (χ1v) is 8.39. The van der Waals surface area contributed by atoms with E-state index in [9.17, 15) is 4.79 Å². The Kier molecular flexibility index (Phi) is 5.42. The molecule has 1 heterocycles. The monoisotopic (exact) mass is 331 g/mol. The van der Waals surface area contributed by atoms with Gasteiger partial charge in [0.15, 0.2) is 0 Å². The molecule has 1 aromatic heterocycles. The molecule has 0 aliphatic carbocycles. The minimum Gasteiger partial charge on any atom is -0.340 e. The standard InChI is InChI=1S/C21H21N3O/c1-2-17-10-6-7-11-19(17)24-20-13-12-18(15-22-20)23-21(25)14-16-8-4-3-5-9-16/h3-13,15H,2,14H2,1H3,(H,22,24)(H,23,25). The van der Waals surface area contributed by atoms with Crippen LogP contribution in [0.5, 0.6) is 0 Å². The van der Waals surface area contributed by atoms with Gasteiger partial charge in [-0.2, -0.15) is 0 Å². The number of para-hydroxylation sites is 1. The molecule has 0 aliphatic heterocycles. The molecule has 0 fully saturated rings. The maximum Gasteiger partial charge on any atom is 0.228 e. The molecular formula is C21H21N3O. The fourth-order valence-electron chi connectivity index (χ4n) is 2.62. The Hall–Kier alpha value is -3.14. The van der Waals surface area contributed by atoms with E-state index in [1.807, 2.05) is 60.7 Å². The van der Waals surface area contributed by atoms with E-state index < -0.39 is 0 Å². The molecular weight excluding hydrogens is 310 g/mol. The van der Waals surface area contributed by atoms with Gasteiger partial charge in [-0.15, -0.1) is 0 Å². The van der Waals surface area contributed by atoms with Crippen molar-refractivity contribution in [3.63, 3.8) is 0 Å². The van der Waals surface area contributed by atoms with Gasteiger partial charge in [-0.1, -0.05) is 55.5 Å². The highest BCUT2D eigenvalue weighted by Crippen LogP contribution is 2.20. The molecule has 0 saturated carbocycles. The van der Waals surface area contributed by atoms with Gasteiger partial charge in [0.05, 0.1) is 18.3 Å². The average Bonchev–Trinajstić information content (AvgIpc) is 2.64. The van der Waals surface area contributed by atoms with Crippen molar-refractivity contribution in [1.82, 2.24) is 4.98 Å². The average molecular weight is 331 g/mol. The van der Waals surface area contributed by atoms with Gasteiger partial charge in [0.25, 0.3) is 0 Å². The van der Waals surface area contributed by atoms with Crippen molar-refractivity contribution >= 4 is 23.1 Å². The van der Waals surface area contributed by atoms with E-state index in [-0.39, 0.29) is 5.91 Å². The molecule has 0 unspecified atom stereocenters. The summed E-state index contributed by atoms with van der Waals surface area (Å²) in [6.45, 7) is 2.12. The van der Waals surface area contributed by atoms with Crippen LogP contribution >= 0.6 is 0 Å². The van der Waals surface area contributed by atoms with Gasteiger partial charge in [-0.25, -0.2) is 4.98 Å². The van der Waals surface area contributed by atoms with Crippen molar-refractivity contribution in [1.29, 1.82) is 0 Å². The Morgan fingerprint density at radius 1 is 0.960 bits per heavy atom. The number of pyridine rings is 1. The van der Waals surface area contributed by atoms with E-state index in [4.69, 9.17) is 0 Å². The molecule has 4 heteroatoms. The van der Waals surface area contributed by atoms with Crippen LogP contribution in [-0.4, -0.2) is 10.9 Å². The van der Waals surface area contributed by atoms with Crippen LogP contribution in [0, 0.1) is 0 Å². The molecule has 126 valence electrons. The molecule has 4 nitrogen and oxygen atoms in total. The Bertz CT molecular complexity index is 829. The minimum atomic E-state index is -0.0509. The van der Waals surface area contributed by atoms with Gasteiger partial charge in [0, 0.05) is 5.69 Å². The maximum absolute atomic E-state index is 12.1. The Balaban J connectivity index is 1.61. The number of aryl methyl sites for hydroxylation is 1. The van der Waals surface area contributed by atoms with E-state index >= 15 is 0 Å². The predicted molar refractivity (Wildman–Crippen MR) is 102 cm³/mol. The highest BCUT2D eigenvalue weighted by Gasteiger charge is 2.05. The molecule has 0 aliphatic rings. The maximum atomic E-state index is 12.1. The van der Waals surface area contributed by atoms with Crippen molar-refractivity contribution in [2.24, 2.45) is 0 Å². The van der Waals surface area contributed by atoms with Crippen LogP contribution < -0.4 is 10.6 Å². The molecule has 0 radical (unpaired) electrons. The second kappa shape index (κ2) is 8.11. The molecule has 3 aromatic rings. The van der Waals surface area contributed by atoms with E-state index in [0.717, 1.165) is 23.5 Å². The Morgan fingerprint density at radius 2 is 1.72 bits per heavy atom. The van der Waals surface area contributed by atoms with Crippen molar-refractivity contribution in [3.8, 4) is 0 Å². The van der Waals surface area contributed by atoms with E-state index in [2.05, 4.69) is 28.6 Å². The predicted octanol–water partition coefficient (Wildman–Crippen LogP) is 4.57. The van der Waals surface area contributed by atoms with Gasteiger partial charge in [0.2, 0.25) is 5.91 Å². The van der Waals surface area contributed by atoms with Gasteiger partial charge < -0.3 is 10.6 Å². The summed E-state index contributed by atoms with van der Waals surface area (Å²) in [5.41, 5.74) is 3.97. The van der Waals surface area contributed by atoms with Crippen molar-refractivity contribution in [2.45, 2.75) is 19.8 Å². The lowest BCUT2D eigenvalue weighted by molar-refractivity contribution is -0.115. The van der Waals surface area contributed by atoms with Crippen LogP contribution in [0.15, 0.2) is 72.9 Å². The fourth-order valence-corrected chi connectivity index (χ4v) is 2.62. The SMILES string of the molecule is CCc1ccccc1Nc1ccc(NC(=O)Cc2ccccc2)cn1. The number of benzene rings is 2. The molecule has 3 rings (SSSR count). The first-order valence-electron chi connectivity index (χ1n) is 8.39. The Morgan fingerprint density at radius 3 is 2.44 bits per heavy atom.